The molecule has 110 valence electrons. The fourth-order valence-corrected chi connectivity index (χ4v) is 2.77. The Balaban J connectivity index is 1.53. The van der Waals surface area contributed by atoms with Gasteiger partial charge in [0.1, 0.15) is 0 Å². The number of anilines is 1. The molecule has 0 aliphatic carbocycles. The number of aromatic nitrogens is 4. The van der Waals surface area contributed by atoms with Crippen molar-refractivity contribution in [2.45, 2.75) is 25.2 Å². The molecule has 21 heavy (non-hydrogen) atoms. The van der Waals surface area contributed by atoms with Gasteiger partial charge >= 0.3 is 0 Å². The molecule has 0 spiro atoms. The third kappa shape index (κ3) is 2.49. The van der Waals surface area contributed by atoms with Crippen molar-refractivity contribution in [3.8, 4) is 11.5 Å². The van der Waals surface area contributed by atoms with E-state index < -0.39 is 0 Å². The molecule has 0 radical (unpaired) electrons. The van der Waals surface area contributed by atoms with Gasteiger partial charge < -0.3 is 14.2 Å². The van der Waals surface area contributed by atoms with Crippen LogP contribution in [0.3, 0.4) is 0 Å². The van der Waals surface area contributed by atoms with E-state index in [1.165, 1.54) is 12.8 Å². The highest BCUT2D eigenvalue weighted by Gasteiger charge is 2.23. The summed E-state index contributed by atoms with van der Waals surface area (Å²) < 4.78 is 10.7. The number of ether oxygens (including phenoxy) is 1. The van der Waals surface area contributed by atoms with E-state index in [2.05, 4.69) is 25.0 Å². The predicted octanol–water partition coefficient (Wildman–Crippen LogP) is 1.63. The molecule has 7 heteroatoms. The first kappa shape index (κ1) is 12.7. The maximum atomic E-state index is 5.35. The summed E-state index contributed by atoms with van der Waals surface area (Å²) >= 11 is 0. The minimum absolute atomic E-state index is 0.243. The van der Waals surface area contributed by atoms with Crippen molar-refractivity contribution in [3.63, 3.8) is 0 Å². The molecule has 4 rings (SSSR count). The summed E-state index contributed by atoms with van der Waals surface area (Å²) in [6.45, 7) is 3.50. The van der Waals surface area contributed by atoms with Crippen LogP contribution in [0.5, 0.6) is 0 Å². The summed E-state index contributed by atoms with van der Waals surface area (Å²) in [6.07, 6.45) is 6.87. The second-order valence-electron chi connectivity index (χ2n) is 5.48. The number of rotatable bonds is 3. The van der Waals surface area contributed by atoms with E-state index in [1.807, 2.05) is 0 Å². The van der Waals surface area contributed by atoms with Crippen LogP contribution in [-0.4, -0.2) is 46.4 Å². The minimum atomic E-state index is 0.243. The minimum Gasteiger partial charge on any atom is -0.381 e. The van der Waals surface area contributed by atoms with Crippen molar-refractivity contribution < 1.29 is 9.26 Å². The Hall–Kier alpha value is -2.02. The molecule has 2 fully saturated rings. The SMILES string of the molecule is c1nc(N2CCCC2)ncc1-c1nc(C2CCOC2)no1. The van der Waals surface area contributed by atoms with Crippen molar-refractivity contribution in [1.29, 1.82) is 0 Å². The van der Waals surface area contributed by atoms with E-state index in [9.17, 15) is 0 Å². The molecule has 2 saturated heterocycles. The van der Waals surface area contributed by atoms with Crippen LogP contribution in [0.25, 0.3) is 11.5 Å². The van der Waals surface area contributed by atoms with Gasteiger partial charge in [-0.3, -0.25) is 0 Å². The lowest BCUT2D eigenvalue weighted by Crippen LogP contribution is -2.20. The average Bonchev–Trinajstić information content (AvgIpc) is 3.27. The highest BCUT2D eigenvalue weighted by Crippen LogP contribution is 2.25. The third-order valence-corrected chi connectivity index (χ3v) is 4.01. The van der Waals surface area contributed by atoms with Crippen molar-refractivity contribution >= 4 is 5.95 Å². The Labute approximate surface area is 122 Å². The van der Waals surface area contributed by atoms with Crippen molar-refractivity contribution in [2.24, 2.45) is 0 Å². The molecule has 2 aliphatic rings. The molecular weight excluding hydrogens is 270 g/mol. The Morgan fingerprint density at radius 2 is 1.95 bits per heavy atom. The van der Waals surface area contributed by atoms with Gasteiger partial charge in [-0.05, 0) is 19.3 Å². The molecule has 4 heterocycles. The van der Waals surface area contributed by atoms with Gasteiger partial charge in [-0.2, -0.15) is 4.98 Å². The molecule has 0 N–H and O–H groups in total. The van der Waals surface area contributed by atoms with Crippen LogP contribution >= 0.6 is 0 Å². The number of hydrogen-bond donors (Lipinski definition) is 0. The van der Waals surface area contributed by atoms with Crippen LogP contribution in [-0.2, 0) is 4.74 Å². The first-order valence-electron chi connectivity index (χ1n) is 7.39. The number of hydrogen-bond acceptors (Lipinski definition) is 7. The van der Waals surface area contributed by atoms with Crippen molar-refractivity contribution in [3.05, 3.63) is 18.2 Å². The Kier molecular flexibility index (Phi) is 3.27. The fourth-order valence-electron chi connectivity index (χ4n) is 2.77. The van der Waals surface area contributed by atoms with E-state index in [0.717, 1.165) is 37.6 Å². The van der Waals surface area contributed by atoms with Crippen LogP contribution in [0, 0.1) is 0 Å². The van der Waals surface area contributed by atoms with E-state index in [-0.39, 0.29) is 5.92 Å². The van der Waals surface area contributed by atoms with Gasteiger partial charge in [0.25, 0.3) is 5.89 Å². The largest absolute Gasteiger partial charge is 0.381 e. The summed E-state index contributed by atoms with van der Waals surface area (Å²) in [5.41, 5.74) is 0.760. The second kappa shape index (κ2) is 5.40. The molecule has 1 unspecified atom stereocenters. The van der Waals surface area contributed by atoms with Gasteiger partial charge in [-0.25, -0.2) is 9.97 Å². The van der Waals surface area contributed by atoms with E-state index in [1.54, 1.807) is 12.4 Å². The van der Waals surface area contributed by atoms with E-state index >= 15 is 0 Å². The zero-order valence-electron chi connectivity index (χ0n) is 11.7. The van der Waals surface area contributed by atoms with Crippen molar-refractivity contribution in [1.82, 2.24) is 20.1 Å². The average molecular weight is 287 g/mol. The standard InChI is InChI=1S/C14H17N5O2/c1-2-5-19(4-1)14-15-7-11(8-16-14)13-17-12(18-21-13)10-3-6-20-9-10/h7-8,10H,1-6,9H2. The molecule has 0 amide bonds. The van der Waals surface area contributed by atoms with Gasteiger partial charge in [0.15, 0.2) is 5.82 Å². The third-order valence-electron chi connectivity index (χ3n) is 4.01. The molecule has 0 saturated carbocycles. The highest BCUT2D eigenvalue weighted by molar-refractivity contribution is 5.51. The van der Waals surface area contributed by atoms with Crippen LogP contribution in [0.15, 0.2) is 16.9 Å². The highest BCUT2D eigenvalue weighted by atomic mass is 16.5. The summed E-state index contributed by atoms with van der Waals surface area (Å²) in [6, 6.07) is 0. The summed E-state index contributed by atoms with van der Waals surface area (Å²) in [4.78, 5) is 15.4. The summed E-state index contributed by atoms with van der Waals surface area (Å²) in [5, 5.41) is 4.04. The Morgan fingerprint density at radius 1 is 1.14 bits per heavy atom. The van der Waals surface area contributed by atoms with Crippen LogP contribution in [0.2, 0.25) is 0 Å². The molecule has 7 nitrogen and oxygen atoms in total. The van der Waals surface area contributed by atoms with E-state index in [4.69, 9.17) is 9.26 Å². The lowest BCUT2D eigenvalue weighted by Gasteiger charge is -2.13. The van der Waals surface area contributed by atoms with Gasteiger partial charge in [0, 0.05) is 38.0 Å². The second-order valence-corrected chi connectivity index (χ2v) is 5.48. The fraction of sp³-hybridized carbons (Fsp3) is 0.571. The summed E-state index contributed by atoms with van der Waals surface area (Å²) in [5.74, 6) is 2.21. The molecular formula is C14H17N5O2. The van der Waals surface area contributed by atoms with Gasteiger partial charge in [0.2, 0.25) is 5.95 Å². The quantitative estimate of drug-likeness (QED) is 0.849. The molecule has 0 bridgehead atoms. The zero-order chi connectivity index (χ0) is 14.1. The molecule has 2 aromatic rings. The smallest absolute Gasteiger partial charge is 0.261 e. The topological polar surface area (TPSA) is 77.2 Å². The predicted molar refractivity (Wildman–Crippen MR) is 74.9 cm³/mol. The molecule has 2 aliphatic heterocycles. The van der Waals surface area contributed by atoms with Gasteiger partial charge in [-0.15, -0.1) is 0 Å². The molecule has 1 atom stereocenters. The normalized spacial score (nSPS) is 22.1. The van der Waals surface area contributed by atoms with E-state index in [0.29, 0.717) is 18.3 Å². The molecule has 0 aromatic carbocycles. The molecule has 2 aromatic heterocycles. The van der Waals surface area contributed by atoms with Crippen LogP contribution < -0.4 is 4.90 Å². The summed E-state index contributed by atoms with van der Waals surface area (Å²) in [7, 11) is 0. The number of nitrogens with zero attached hydrogens (tertiary/aromatic N) is 5. The lowest BCUT2D eigenvalue weighted by atomic mass is 10.1. The maximum Gasteiger partial charge on any atom is 0.261 e. The Morgan fingerprint density at radius 3 is 2.67 bits per heavy atom. The zero-order valence-corrected chi connectivity index (χ0v) is 11.7. The van der Waals surface area contributed by atoms with Crippen molar-refractivity contribution in [2.75, 3.05) is 31.2 Å². The van der Waals surface area contributed by atoms with Crippen LogP contribution in [0.4, 0.5) is 5.95 Å². The van der Waals surface area contributed by atoms with Crippen LogP contribution in [0.1, 0.15) is 31.0 Å². The first-order valence-corrected chi connectivity index (χ1v) is 7.39. The van der Waals surface area contributed by atoms with Gasteiger partial charge in [0.05, 0.1) is 12.2 Å². The Bertz CT molecular complexity index is 600. The first-order chi connectivity index (χ1) is 10.4. The van der Waals surface area contributed by atoms with Gasteiger partial charge in [-0.1, -0.05) is 5.16 Å². The lowest BCUT2D eigenvalue weighted by molar-refractivity contribution is 0.192. The monoisotopic (exact) mass is 287 g/mol. The maximum absolute atomic E-state index is 5.35.